The summed E-state index contributed by atoms with van der Waals surface area (Å²) in [5.41, 5.74) is 4.99. The van der Waals surface area contributed by atoms with E-state index in [1.54, 1.807) is 31.4 Å². The Morgan fingerprint density at radius 1 is 1.08 bits per heavy atom. The van der Waals surface area contributed by atoms with Crippen molar-refractivity contribution in [2.45, 2.75) is 39.7 Å². The molecule has 1 atom stereocenters. The van der Waals surface area contributed by atoms with Gasteiger partial charge in [-0.05, 0) is 55.2 Å². The minimum atomic E-state index is -1.05. The molecular weight excluding hydrogens is 330 g/mol. The molecule has 0 heterocycles. The molecule has 26 heavy (non-hydrogen) atoms. The SMILES string of the molecule is COc1ccc(C[C@H](NC(=O)Cc2c(C)cc(C)cc2C)C(=O)O)cc1. The van der Waals surface area contributed by atoms with Gasteiger partial charge in [0.2, 0.25) is 5.91 Å². The lowest BCUT2D eigenvalue weighted by Crippen LogP contribution is -2.43. The predicted molar refractivity (Wildman–Crippen MR) is 101 cm³/mol. The van der Waals surface area contributed by atoms with Gasteiger partial charge in [-0.15, -0.1) is 0 Å². The zero-order valence-electron chi connectivity index (χ0n) is 15.6. The van der Waals surface area contributed by atoms with E-state index in [0.29, 0.717) is 5.75 Å². The van der Waals surface area contributed by atoms with Crippen molar-refractivity contribution in [3.8, 4) is 5.75 Å². The number of benzene rings is 2. The topological polar surface area (TPSA) is 75.6 Å². The predicted octanol–water partition coefficient (Wildman–Crippen LogP) is 2.98. The van der Waals surface area contributed by atoms with E-state index in [-0.39, 0.29) is 18.7 Å². The number of hydrogen-bond acceptors (Lipinski definition) is 3. The number of carboxylic acids is 1. The van der Waals surface area contributed by atoms with Crippen LogP contribution in [0.3, 0.4) is 0 Å². The molecule has 138 valence electrons. The molecule has 0 aromatic heterocycles. The summed E-state index contributed by atoms with van der Waals surface area (Å²) in [4.78, 5) is 24.0. The molecule has 0 saturated heterocycles. The lowest BCUT2D eigenvalue weighted by atomic mass is 9.97. The van der Waals surface area contributed by atoms with Gasteiger partial charge in [0, 0.05) is 6.42 Å². The van der Waals surface area contributed by atoms with Crippen molar-refractivity contribution in [1.82, 2.24) is 5.32 Å². The molecule has 2 rings (SSSR count). The summed E-state index contributed by atoms with van der Waals surface area (Å²) >= 11 is 0. The summed E-state index contributed by atoms with van der Waals surface area (Å²) in [6, 6.07) is 10.2. The van der Waals surface area contributed by atoms with Gasteiger partial charge in [0.1, 0.15) is 11.8 Å². The maximum absolute atomic E-state index is 12.4. The molecule has 0 fully saturated rings. The third kappa shape index (κ3) is 5.09. The Bertz CT molecular complexity index is 773. The van der Waals surface area contributed by atoms with E-state index < -0.39 is 12.0 Å². The molecule has 0 bridgehead atoms. The minimum absolute atomic E-state index is 0.171. The minimum Gasteiger partial charge on any atom is -0.497 e. The molecule has 1 amide bonds. The first-order valence-electron chi connectivity index (χ1n) is 8.52. The zero-order chi connectivity index (χ0) is 19.3. The third-order valence-electron chi connectivity index (χ3n) is 4.41. The average Bonchev–Trinajstić information content (AvgIpc) is 2.58. The second kappa shape index (κ2) is 8.52. The van der Waals surface area contributed by atoms with Crippen molar-refractivity contribution in [2.24, 2.45) is 0 Å². The van der Waals surface area contributed by atoms with Gasteiger partial charge in [-0.25, -0.2) is 4.79 Å². The number of aryl methyl sites for hydroxylation is 3. The van der Waals surface area contributed by atoms with E-state index in [1.807, 2.05) is 32.9 Å². The summed E-state index contributed by atoms with van der Waals surface area (Å²) in [5, 5.41) is 12.1. The average molecular weight is 355 g/mol. The van der Waals surface area contributed by atoms with Crippen LogP contribution in [0.1, 0.15) is 27.8 Å². The summed E-state index contributed by atoms with van der Waals surface area (Å²) in [7, 11) is 1.57. The molecule has 0 radical (unpaired) electrons. The Kier molecular flexibility index (Phi) is 6.39. The Morgan fingerprint density at radius 2 is 1.65 bits per heavy atom. The number of aliphatic carboxylic acids is 1. The highest BCUT2D eigenvalue weighted by atomic mass is 16.5. The first kappa shape index (κ1) is 19.5. The van der Waals surface area contributed by atoms with Gasteiger partial charge in [-0.3, -0.25) is 4.79 Å². The van der Waals surface area contributed by atoms with Crippen molar-refractivity contribution in [2.75, 3.05) is 7.11 Å². The lowest BCUT2D eigenvalue weighted by Gasteiger charge is -2.16. The summed E-state index contributed by atoms with van der Waals surface area (Å²) in [5.74, 6) is -0.637. The van der Waals surface area contributed by atoms with Gasteiger partial charge >= 0.3 is 5.97 Å². The van der Waals surface area contributed by atoms with Crippen molar-refractivity contribution >= 4 is 11.9 Å². The fraction of sp³-hybridized carbons (Fsp3) is 0.333. The lowest BCUT2D eigenvalue weighted by molar-refractivity contribution is -0.141. The molecule has 2 aromatic rings. The van der Waals surface area contributed by atoms with E-state index >= 15 is 0 Å². The third-order valence-corrected chi connectivity index (χ3v) is 4.41. The summed E-state index contributed by atoms with van der Waals surface area (Å²) in [6.07, 6.45) is 0.390. The fourth-order valence-electron chi connectivity index (χ4n) is 3.09. The van der Waals surface area contributed by atoms with Crippen LogP contribution in [0.25, 0.3) is 0 Å². The highest BCUT2D eigenvalue weighted by Crippen LogP contribution is 2.17. The van der Waals surface area contributed by atoms with Gasteiger partial charge in [-0.1, -0.05) is 29.8 Å². The van der Waals surface area contributed by atoms with Crippen LogP contribution < -0.4 is 10.1 Å². The van der Waals surface area contributed by atoms with Crippen molar-refractivity contribution in [1.29, 1.82) is 0 Å². The normalized spacial score (nSPS) is 11.7. The number of carbonyl (C=O) groups is 2. The largest absolute Gasteiger partial charge is 0.497 e. The van der Waals surface area contributed by atoms with Crippen LogP contribution in [0.15, 0.2) is 36.4 Å². The number of rotatable bonds is 7. The molecule has 0 spiro atoms. The fourth-order valence-corrected chi connectivity index (χ4v) is 3.09. The highest BCUT2D eigenvalue weighted by molar-refractivity contribution is 5.85. The van der Waals surface area contributed by atoms with Gasteiger partial charge in [0.25, 0.3) is 0 Å². The number of carbonyl (C=O) groups excluding carboxylic acids is 1. The van der Waals surface area contributed by atoms with Crippen LogP contribution in [-0.2, 0) is 22.4 Å². The van der Waals surface area contributed by atoms with E-state index in [4.69, 9.17) is 4.74 Å². The quantitative estimate of drug-likeness (QED) is 0.801. The zero-order valence-corrected chi connectivity index (χ0v) is 15.6. The number of amides is 1. The number of hydrogen-bond donors (Lipinski definition) is 2. The van der Waals surface area contributed by atoms with Gasteiger partial charge in [-0.2, -0.15) is 0 Å². The summed E-state index contributed by atoms with van der Waals surface area (Å²) < 4.78 is 5.10. The number of ether oxygens (including phenoxy) is 1. The molecule has 0 aliphatic carbocycles. The molecule has 0 saturated carbocycles. The number of nitrogens with one attached hydrogen (secondary N) is 1. The van der Waals surface area contributed by atoms with Gasteiger partial charge < -0.3 is 15.2 Å². The first-order valence-corrected chi connectivity index (χ1v) is 8.52. The van der Waals surface area contributed by atoms with E-state index in [2.05, 4.69) is 5.32 Å². The van der Waals surface area contributed by atoms with Crippen LogP contribution in [0.4, 0.5) is 0 Å². The molecule has 0 aliphatic heterocycles. The molecule has 5 nitrogen and oxygen atoms in total. The van der Waals surface area contributed by atoms with Gasteiger partial charge in [0.05, 0.1) is 13.5 Å². The second-order valence-electron chi connectivity index (χ2n) is 6.56. The Labute approximate surface area is 154 Å². The van der Waals surface area contributed by atoms with Crippen LogP contribution in [0, 0.1) is 20.8 Å². The number of carboxylic acid groups (broad SMARTS) is 1. The first-order chi connectivity index (χ1) is 12.3. The Hall–Kier alpha value is -2.82. The van der Waals surface area contributed by atoms with Crippen LogP contribution in [0.5, 0.6) is 5.75 Å². The molecular formula is C21H25NO4. The standard InChI is InChI=1S/C21H25NO4/c1-13-9-14(2)18(15(3)10-13)12-20(23)22-19(21(24)25)11-16-5-7-17(26-4)8-6-16/h5-10,19H,11-12H2,1-4H3,(H,22,23)(H,24,25)/t19-/m0/s1. The van der Waals surface area contributed by atoms with Crippen molar-refractivity contribution < 1.29 is 19.4 Å². The molecule has 2 aromatic carbocycles. The van der Waals surface area contributed by atoms with Crippen LogP contribution >= 0.6 is 0 Å². The van der Waals surface area contributed by atoms with E-state index in [0.717, 1.165) is 27.8 Å². The van der Waals surface area contributed by atoms with Crippen molar-refractivity contribution in [3.05, 3.63) is 64.2 Å². The van der Waals surface area contributed by atoms with Crippen LogP contribution in [0.2, 0.25) is 0 Å². The monoisotopic (exact) mass is 355 g/mol. The maximum Gasteiger partial charge on any atom is 0.326 e. The molecule has 0 unspecified atom stereocenters. The highest BCUT2D eigenvalue weighted by Gasteiger charge is 2.21. The Balaban J connectivity index is 2.07. The van der Waals surface area contributed by atoms with Crippen molar-refractivity contribution in [3.63, 3.8) is 0 Å². The van der Waals surface area contributed by atoms with Crippen LogP contribution in [-0.4, -0.2) is 30.1 Å². The Morgan fingerprint density at radius 3 is 2.15 bits per heavy atom. The molecule has 2 N–H and O–H groups in total. The van der Waals surface area contributed by atoms with Gasteiger partial charge in [0.15, 0.2) is 0 Å². The second-order valence-corrected chi connectivity index (χ2v) is 6.56. The smallest absolute Gasteiger partial charge is 0.326 e. The van der Waals surface area contributed by atoms with E-state index in [1.165, 1.54) is 0 Å². The van der Waals surface area contributed by atoms with E-state index in [9.17, 15) is 14.7 Å². The molecule has 5 heteroatoms. The summed E-state index contributed by atoms with van der Waals surface area (Å²) in [6.45, 7) is 5.95. The maximum atomic E-state index is 12.4. The number of methoxy groups -OCH3 is 1. The molecule has 0 aliphatic rings.